The van der Waals surface area contributed by atoms with Gasteiger partial charge in [0.25, 0.3) is 0 Å². The van der Waals surface area contributed by atoms with E-state index >= 15 is 0 Å². The minimum atomic E-state index is -4.00. The highest BCUT2D eigenvalue weighted by Gasteiger charge is 2.27. The van der Waals surface area contributed by atoms with Crippen molar-refractivity contribution in [2.24, 2.45) is 0 Å². The first-order valence-corrected chi connectivity index (χ1v) is 6.78. The number of methoxy groups -OCH3 is 1. The van der Waals surface area contributed by atoms with E-state index in [1.165, 1.54) is 25.3 Å². The summed E-state index contributed by atoms with van der Waals surface area (Å²) in [5.41, 5.74) is 0.175. The second kappa shape index (κ2) is 5.45. The molecule has 100 valence electrons. The molecule has 0 aliphatic carbocycles. The van der Waals surface area contributed by atoms with Crippen LogP contribution in [-0.4, -0.2) is 31.9 Å². The molecule has 0 aliphatic rings. The van der Waals surface area contributed by atoms with Crippen LogP contribution in [-0.2, 0) is 14.8 Å². The SMILES string of the molecule is COc1ccc(NS(=O)(=O)C(C)C(=O)O)cc1Cl. The van der Waals surface area contributed by atoms with Gasteiger partial charge in [0.15, 0.2) is 5.25 Å². The number of carboxylic acid groups (broad SMARTS) is 1. The van der Waals surface area contributed by atoms with Crippen LogP contribution in [0.3, 0.4) is 0 Å². The van der Waals surface area contributed by atoms with Crippen molar-refractivity contribution < 1.29 is 23.1 Å². The first-order chi connectivity index (χ1) is 8.27. The van der Waals surface area contributed by atoms with Gasteiger partial charge in [0.05, 0.1) is 17.8 Å². The molecule has 8 heteroatoms. The van der Waals surface area contributed by atoms with Crippen molar-refractivity contribution in [3.8, 4) is 5.75 Å². The summed E-state index contributed by atoms with van der Waals surface area (Å²) in [7, 11) is -2.57. The summed E-state index contributed by atoms with van der Waals surface area (Å²) in [4.78, 5) is 10.6. The minimum absolute atomic E-state index is 0.175. The molecule has 1 aromatic rings. The van der Waals surface area contributed by atoms with Crippen molar-refractivity contribution in [3.63, 3.8) is 0 Å². The fourth-order valence-electron chi connectivity index (χ4n) is 1.12. The van der Waals surface area contributed by atoms with E-state index in [9.17, 15) is 13.2 Å². The van der Waals surface area contributed by atoms with Crippen LogP contribution in [0.15, 0.2) is 18.2 Å². The number of halogens is 1. The third-order valence-corrected chi connectivity index (χ3v) is 4.17. The van der Waals surface area contributed by atoms with Crippen LogP contribution < -0.4 is 9.46 Å². The highest BCUT2D eigenvalue weighted by molar-refractivity contribution is 7.94. The maximum absolute atomic E-state index is 11.6. The molecule has 0 aromatic heterocycles. The topological polar surface area (TPSA) is 92.7 Å². The molecule has 18 heavy (non-hydrogen) atoms. The lowest BCUT2D eigenvalue weighted by atomic mass is 10.3. The van der Waals surface area contributed by atoms with Crippen LogP contribution >= 0.6 is 11.6 Å². The number of carboxylic acids is 1. The van der Waals surface area contributed by atoms with Gasteiger partial charge in [0.1, 0.15) is 5.75 Å². The van der Waals surface area contributed by atoms with E-state index in [1.807, 2.05) is 0 Å². The number of anilines is 1. The normalized spacial score (nSPS) is 12.8. The van der Waals surface area contributed by atoms with Gasteiger partial charge in [-0.25, -0.2) is 8.42 Å². The van der Waals surface area contributed by atoms with Crippen LogP contribution in [0, 0.1) is 0 Å². The van der Waals surface area contributed by atoms with Crippen LogP contribution in [0.5, 0.6) is 5.75 Å². The number of carbonyl (C=O) groups is 1. The Morgan fingerprint density at radius 2 is 2.11 bits per heavy atom. The van der Waals surface area contributed by atoms with Crippen molar-refractivity contribution in [3.05, 3.63) is 23.2 Å². The van der Waals surface area contributed by atoms with Crippen molar-refractivity contribution in [2.75, 3.05) is 11.8 Å². The fourth-order valence-corrected chi connectivity index (χ4v) is 2.27. The Bertz CT molecular complexity index is 557. The second-order valence-electron chi connectivity index (χ2n) is 3.48. The Balaban J connectivity index is 2.98. The molecule has 1 unspecified atom stereocenters. The molecule has 6 nitrogen and oxygen atoms in total. The Morgan fingerprint density at radius 1 is 1.50 bits per heavy atom. The molecule has 0 spiro atoms. The van der Waals surface area contributed by atoms with Crippen molar-refractivity contribution in [1.82, 2.24) is 0 Å². The molecule has 0 bridgehead atoms. The number of sulfonamides is 1. The van der Waals surface area contributed by atoms with Gasteiger partial charge in [0.2, 0.25) is 10.0 Å². The van der Waals surface area contributed by atoms with Gasteiger partial charge in [-0.3, -0.25) is 9.52 Å². The van der Waals surface area contributed by atoms with Crippen LogP contribution in [0.25, 0.3) is 0 Å². The maximum atomic E-state index is 11.6. The van der Waals surface area contributed by atoms with E-state index < -0.39 is 21.2 Å². The number of aliphatic carboxylic acids is 1. The number of hydrogen-bond acceptors (Lipinski definition) is 4. The average Bonchev–Trinajstić information content (AvgIpc) is 2.27. The van der Waals surface area contributed by atoms with E-state index in [2.05, 4.69) is 4.72 Å². The predicted molar refractivity (Wildman–Crippen MR) is 67.6 cm³/mol. The van der Waals surface area contributed by atoms with Crippen molar-refractivity contribution in [2.45, 2.75) is 12.2 Å². The number of hydrogen-bond donors (Lipinski definition) is 2. The molecule has 1 atom stereocenters. The summed E-state index contributed by atoms with van der Waals surface area (Å²) in [6.45, 7) is 1.08. The highest BCUT2D eigenvalue weighted by atomic mass is 35.5. The zero-order chi connectivity index (χ0) is 13.9. The highest BCUT2D eigenvalue weighted by Crippen LogP contribution is 2.27. The predicted octanol–water partition coefficient (Wildman–Crippen LogP) is 1.56. The van der Waals surface area contributed by atoms with Gasteiger partial charge in [-0.1, -0.05) is 11.6 Å². The fraction of sp³-hybridized carbons (Fsp3) is 0.300. The third kappa shape index (κ3) is 3.27. The maximum Gasteiger partial charge on any atom is 0.323 e. The summed E-state index contributed by atoms with van der Waals surface area (Å²) in [6, 6.07) is 4.25. The van der Waals surface area contributed by atoms with Crippen molar-refractivity contribution >= 4 is 33.3 Å². The van der Waals surface area contributed by atoms with Crippen LogP contribution in [0.1, 0.15) is 6.92 Å². The molecule has 0 fully saturated rings. The van der Waals surface area contributed by atoms with Crippen LogP contribution in [0.2, 0.25) is 5.02 Å². The summed E-state index contributed by atoms with van der Waals surface area (Å²) in [5.74, 6) is -1.03. The summed E-state index contributed by atoms with van der Waals surface area (Å²) in [5, 5.41) is 7.33. The van der Waals surface area contributed by atoms with E-state index in [-0.39, 0.29) is 10.7 Å². The van der Waals surface area contributed by atoms with Gasteiger partial charge >= 0.3 is 5.97 Å². The largest absolute Gasteiger partial charge is 0.495 e. The molecule has 0 saturated heterocycles. The molecule has 0 amide bonds. The quantitative estimate of drug-likeness (QED) is 0.859. The van der Waals surface area contributed by atoms with Gasteiger partial charge < -0.3 is 9.84 Å². The zero-order valence-electron chi connectivity index (χ0n) is 9.68. The Morgan fingerprint density at radius 3 is 2.56 bits per heavy atom. The lowest BCUT2D eigenvalue weighted by Crippen LogP contribution is -2.32. The molecule has 0 heterocycles. The number of benzene rings is 1. The van der Waals surface area contributed by atoms with Crippen LogP contribution in [0.4, 0.5) is 5.69 Å². The standard InChI is InChI=1S/C10H12ClNO5S/c1-6(10(13)14)18(15,16)12-7-3-4-9(17-2)8(11)5-7/h3-6,12H,1-2H3,(H,13,14). The molecule has 0 aliphatic heterocycles. The monoisotopic (exact) mass is 293 g/mol. The van der Waals surface area contributed by atoms with Gasteiger partial charge in [-0.2, -0.15) is 0 Å². The number of ether oxygens (including phenoxy) is 1. The van der Waals surface area contributed by atoms with Gasteiger partial charge in [-0.15, -0.1) is 0 Å². The van der Waals surface area contributed by atoms with E-state index in [1.54, 1.807) is 0 Å². The Labute approximate surface area is 110 Å². The lowest BCUT2D eigenvalue weighted by molar-refractivity contribution is -0.136. The first kappa shape index (κ1) is 14.6. The molecule has 1 aromatic carbocycles. The molecular weight excluding hydrogens is 282 g/mol. The summed E-state index contributed by atoms with van der Waals surface area (Å²) < 4.78 is 30.3. The Hall–Kier alpha value is -1.47. The van der Waals surface area contributed by atoms with E-state index in [0.29, 0.717) is 5.75 Å². The lowest BCUT2D eigenvalue weighted by Gasteiger charge is -2.12. The van der Waals surface area contributed by atoms with Gasteiger partial charge in [0, 0.05) is 0 Å². The van der Waals surface area contributed by atoms with E-state index in [0.717, 1.165) is 6.92 Å². The van der Waals surface area contributed by atoms with Gasteiger partial charge in [-0.05, 0) is 25.1 Å². The summed E-state index contributed by atoms with van der Waals surface area (Å²) >= 11 is 5.82. The average molecular weight is 294 g/mol. The second-order valence-corrected chi connectivity index (χ2v) is 5.89. The molecule has 1 rings (SSSR count). The number of nitrogens with one attached hydrogen (secondary N) is 1. The number of rotatable bonds is 5. The minimum Gasteiger partial charge on any atom is -0.495 e. The smallest absolute Gasteiger partial charge is 0.323 e. The third-order valence-electron chi connectivity index (χ3n) is 2.23. The first-order valence-electron chi connectivity index (χ1n) is 4.86. The molecule has 0 radical (unpaired) electrons. The molecular formula is C10H12ClNO5S. The zero-order valence-corrected chi connectivity index (χ0v) is 11.2. The molecule has 2 N–H and O–H groups in total. The van der Waals surface area contributed by atoms with E-state index in [4.69, 9.17) is 21.4 Å². The summed E-state index contributed by atoms with van der Waals surface area (Å²) in [6.07, 6.45) is 0. The van der Waals surface area contributed by atoms with Crippen molar-refractivity contribution in [1.29, 1.82) is 0 Å². The Kier molecular flexibility index (Phi) is 4.42. The molecule has 0 saturated carbocycles.